The van der Waals surface area contributed by atoms with E-state index >= 15 is 0 Å². The summed E-state index contributed by atoms with van der Waals surface area (Å²) in [4.78, 5) is 44.3. The number of anilines is 2. The summed E-state index contributed by atoms with van der Waals surface area (Å²) in [6, 6.07) is 5.06. The number of aromatic nitrogens is 4. The van der Waals surface area contributed by atoms with Crippen molar-refractivity contribution in [2.45, 2.75) is 51.0 Å². The normalized spacial score (nSPS) is 18.4. The number of hydrogen-bond acceptors (Lipinski definition) is 6. The molecule has 8 nitrogen and oxygen atoms in total. The van der Waals surface area contributed by atoms with E-state index < -0.39 is 36.1 Å². The Hall–Kier alpha value is -3.82. The number of alkyl halides is 2. The highest BCUT2D eigenvalue weighted by Crippen LogP contribution is 2.46. The quantitative estimate of drug-likeness (QED) is 0.632. The maximum atomic E-state index is 13.4. The van der Waals surface area contributed by atoms with Crippen molar-refractivity contribution < 1.29 is 18.4 Å². The summed E-state index contributed by atoms with van der Waals surface area (Å²) < 4.78 is 26.2. The molecule has 5 rings (SSSR count). The molecule has 0 bridgehead atoms. The number of rotatable bonds is 4. The van der Waals surface area contributed by atoms with Gasteiger partial charge in [-0.05, 0) is 38.0 Å². The summed E-state index contributed by atoms with van der Waals surface area (Å²) >= 11 is 0. The zero-order valence-corrected chi connectivity index (χ0v) is 18.8. The number of benzene rings is 1. The molecule has 1 saturated carbocycles. The van der Waals surface area contributed by atoms with Gasteiger partial charge in [0.25, 0.3) is 11.8 Å². The van der Waals surface area contributed by atoms with Crippen LogP contribution in [0.4, 0.5) is 20.3 Å². The molecule has 2 aromatic heterocycles. The third-order valence-corrected chi connectivity index (χ3v) is 6.27. The van der Waals surface area contributed by atoms with Gasteiger partial charge in [-0.1, -0.05) is 12.1 Å². The number of carbonyl (C=O) groups is 2. The SMILES string of the molecule is Cc1ncc(-c2ccc3c(c2)N(c2cncc(C(=O)NC4CC(F)(F)C4)n2)C(=O)C3(C)C)cn1. The van der Waals surface area contributed by atoms with Crippen LogP contribution in [0.5, 0.6) is 0 Å². The summed E-state index contributed by atoms with van der Waals surface area (Å²) in [5, 5.41) is 2.55. The van der Waals surface area contributed by atoms with Crippen molar-refractivity contribution in [2.75, 3.05) is 4.90 Å². The Bertz CT molecular complexity index is 1300. The molecule has 1 aliphatic carbocycles. The van der Waals surface area contributed by atoms with E-state index in [4.69, 9.17) is 0 Å². The number of hydrogen-bond donors (Lipinski definition) is 1. The molecule has 174 valence electrons. The van der Waals surface area contributed by atoms with E-state index in [1.807, 2.05) is 32.0 Å². The lowest BCUT2D eigenvalue weighted by Crippen LogP contribution is -2.50. The predicted octanol–water partition coefficient (Wildman–Crippen LogP) is 3.73. The van der Waals surface area contributed by atoms with Gasteiger partial charge in [-0.3, -0.25) is 19.5 Å². The third kappa shape index (κ3) is 3.68. The Kier molecular flexibility index (Phi) is 4.92. The number of amides is 2. The van der Waals surface area contributed by atoms with Gasteiger partial charge in [0.05, 0.1) is 23.5 Å². The van der Waals surface area contributed by atoms with Gasteiger partial charge in [0.1, 0.15) is 11.5 Å². The van der Waals surface area contributed by atoms with E-state index in [1.54, 1.807) is 19.3 Å². The van der Waals surface area contributed by atoms with Crippen LogP contribution in [0.25, 0.3) is 11.1 Å². The van der Waals surface area contributed by atoms with E-state index in [-0.39, 0.29) is 17.4 Å². The molecule has 0 atom stereocenters. The Labute approximate surface area is 194 Å². The van der Waals surface area contributed by atoms with Gasteiger partial charge >= 0.3 is 0 Å². The molecule has 1 aliphatic heterocycles. The maximum Gasteiger partial charge on any atom is 0.271 e. The Morgan fingerprint density at radius 2 is 1.79 bits per heavy atom. The number of aryl methyl sites for hydroxylation is 1. The molecule has 10 heteroatoms. The molecule has 0 saturated heterocycles. The highest BCUT2D eigenvalue weighted by atomic mass is 19.3. The topological polar surface area (TPSA) is 101 Å². The second-order valence-corrected chi connectivity index (χ2v) is 9.21. The molecular weight excluding hydrogens is 442 g/mol. The van der Waals surface area contributed by atoms with Gasteiger partial charge in [-0.25, -0.2) is 23.7 Å². The van der Waals surface area contributed by atoms with E-state index in [0.717, 1.165) is 16.7 Å². The predicted molar refractivity (Wildman–Crippen MR) is 120 cm³/mol. The van der Waals surface area contributed by atoms with E-state index in [9.17, 15) is 18.4 Å². The zero-order chi connectivity index (χ0) is 24.3. The Morgan fingerprint density at radius 1 is 1.09 bits per heavy atom. The number of carbonyl (C=O) groups excluding carboxylic acids is 2. The fourth-order valence-electron chi connectivity index (χ4n) is 4.29. The van der Waals surface area contributed by atoms with Crippen molar-refractivity contribution in [1.29, 1.82) is 0 Å². The number of nitrogens with one attached hydrogen (secondary N) is 1. The van der Waals surface area contributed by atoms with Crippen LogP contribution in [0.2, 0.25) is 0 Å². The number of nitrogens with zero attached hydrogens (tertiary/aromatic N) is 5. The summed E-state index contributed by atoms with van der Waals surface area (Å²) in [5.41, 5.74) is 2.18. The van der Waals surface area contributed by atoms with Gasteiger partial charge in [0.2, 0.25) is 5.91 Å². The fraction of sp³-hybridized carbons (Fsp3) is 0.333. The number of halogens is 2. The molecular formula is C24H22F2N6O2. The first-order valence-corrected chi connectivity index (χ1v) is 10.8. The highest BCUT2D eigenvalue weighted by Gasteiger charge is 2.47. The molecule has 2 amide bonds. The van der Waals surface area contributed by atoms with Gasteiger partial charge in [0, 0.05) is 36.8 Å². The van der Waals surface area contributed by atoms with Gasteiger partial charge < -0.3 is 5.32 Å². The molecule has 0 unspecified atom stereocenters. The largest absolute Gasteiger partial charge is 0.347 e. The Morgan fingerprint density at radius 3 is 2.47 bits per heavy atom. The lowest BCUT2D eigenvalue weighted by atomic mass is 9.85. The number of fused-ring (bicyclic) bond motifs is 1. The van der Waals surface area contributed by atoms with Gasteiger partial charge in [0.15, 0.2) is 5.82 Å². The lowest BCUT2D eigenvalue weighted by molar-refractivity contribution is -0.121. The average molecular weight is 464 g/mol. The summed E-state index contributed by atoms with van der Waals surface area (Å²) in [5.74, 6) is -2.74. The first-order valence-electron chi connectivity index (χ1n) is 10.8. The minimum Gasteiger partial charge on any atom is -0.347 e. The minimum atomic E-state index is -2.75. The molecule has 34 heavy (non-hydrogen) atoms. The molecule has 3 aromatic rings. The van der Waals surface area contributed by atoms with E-state index in [2.05, 4.69) is 25.3 Å². The average Bonchev–Trinajstić information content (AvgIpc) is 2.98. The first kappa shape index (κ1) is 22.0. The van der Waals surface area contributed by atoms with Crippen molar-refractivity contribution in [1.82, 2.24) is 25.3 Å². The summed E-state index contributed by atoms with van der Waals surface area (Å²) in [6.45, 7) is 5.45. The molecule has 3 heterocycles. The van der Waals surface area contributed by atoms with Crippen LogP contribution in [-0.2, 0) is 10.2 Å². The Balaban J connectivity index is 1.49. The summed E-state index contributed by atoms with van der Waals surface area (Å²) in [7, 11) is 0. The molecule has 0 radical (unpaired) electrons. The zero-order valence-electron chi connectivity index (χ0n) is 18.8. The molecule has 2 aliphatic rings. The van der Waals surface area contributed by atoms with E-state index in [0.29, 0.717) is 11.5 Å². The van der Waals surface area contributed by atoms with Crippen molar-refractivity contribution in [3.05, 3.63) is 60.1 Å². The molecule has 1 fully saturated rings. The summed E-state index contributed by atoms with van der Waals surface area (Å²) in [6.07, 6.45) is 5.28. The van der Waals surface area contributed by atoms with E-state index in [1.165, 1.54) is 17.3 Å². The van der Waals surface area contributed by atoms with Crippen LogP contribution in [-0.4, -0.2) is 43.7 Å². The van der Waals surface area contributed by atoms with Crippen LogP contribution in [0.1, 0.15) is 48.6 Å². The van der Waals surface area contributed by atoms with Crippen LogP contribution in [0.3, 0.4) is 0 Å². The fourth-order valence-corrected chi connectivity index (χ4v) is 4.29. The monoisotopic (exact) mass is 464 g/mol. The van der Waals surface area contributed by atoms with Crippen molar-refractivity contribution in [3.8, 4) is 11.1 Å². The smallest absolute Gasteiger partial charge is 0.271 e. The van der Waals surface area contributed by atoms with Gasteiger partial charge in [-0.2, -0.15) is 0 Å². The van der Waals surface area contributed by atoms with Crippen LogP contribution >= 0.6 is 0 Å². The second-order valence-electron chi connectivity index (χ2n) is 9.21. The first-order chi connectivity index (χ1) is 16.0. The molecule has 1 N–H and O–H groups in total. The maximum absolute atomic E-state index is 13.4. The lowest BCUT2D eigenvalue weighted by Gasteiger charge is -2.35. The minimum absolute atomic E-state index is 0.0464. The molecule has 1 aromatic carbocycles. The van der Waals surface area contributed by atoms with Crippen molar-refractivity contribution in [3.63, 3.8) is 0 Å². The second kappa shape index (κ2) is 7.61. The van der Waals surface area contributed by atoms with Crippen LogP contribution in [0, 0.1) is 6.92 Å². The standard InChI is InChI=1S/C24H22F2N6O2/c1-13-28-9-15(10-29-13)14-4-5-17-19(6-14)32(22(34)23(17,2)3)20-12-27-11-18(31-20)21(33)30-16-7-24(25,26)8-16/h4-6,9-12,16H,7-8H2,1-3H3,(H,30,33). The molecule has 0 spiro atoms. The van der Waals surface area contributed by atoms with Crippen LogP contribution < -0.4 is 10.2 Å². The third-order valence-electron chi connectivity index (χ3n) is 6.27. The van der Waals surface area contributed by atoms with Gasteiger partial charge in [-0.15, -0.1) is 0 Å². The van der Waals surface area contributed by atoms with Crippen molar-refractivity contribution in [2.24, 2.45) is 0 Å². The highest BCUT2D eigenvalue weighted by molar-refractivity contribution is 6.12. The van der Waals surface area contributed by atoms with Crippen molar-refractivity contribution >= 4 is 23.3 Å². The van der Waals surface area contributed by atoms with Crippen LogP contribution in [0.15, 0.2) is 43.0 Å².